The number of carboxylic acid groups (broad SMARTS) is 1. The minimum absolute atomic E-state index is 0.0911. The van der Waals surface area contributed by atoms with Crippen LogP contribution in [0.3, 0.4) is 0 Å². The fourth-order valence-corrected chi connectivity index (χ4v) is 4.32. The van der Waals surface area contributed by atoms with Crippen molar-refractivity contribution in [3.8, 4) is 0 Å². The first-order valence-corrected chi connectivity index (χ1v) is 8.99. The van der Waals surface area contributed by atoms with Gasteiger partial charge >= 0.3 is 18.1 Å². The zero-order valence-electron chi connectivity index (χ0n) is 14.6. The summed E-state index contributed by atoms with van der Waals surface area (Å²) in [6.07, 6.45) is 0.309. The number of carbonyl (C=O) groups excluding carboxylic acids is 2. The van der Waals surface area contributed by atoms with Gasteiger partial charge in [-0.05, 0) is 38.0 Å². The third kappa shape index (κ3) is 3.36. The molecular weight excluding hydrogens is 349 g/mol. The number of halogens is 1. The molecule has 0 heterocycles. The number of hydrogen-bond donors (Lipinski definition) is 2. The van der Waals surface area contributed by atoms with Gasteiger partial charge in [0, 0.05) is 12.8 Å². The molecule has 0 aliphatic heterocycles. The molecule has 0 aromatic heterocycles. The molecule has 8 nitrogen and oxygen atoms in total. The summed E-state index contributed by atoms with van der Waals surface area (Å²) in [5.41, 5.74) is 3.87. The highest BCUT2D eigenvalue weighted by Crippen LogP contribution is 2.62. The number of carboxylic acids is 1. The van der Waals surface area contributed by atoms with Gasteiger partial charge in [0.05, 0.1) is 5.92 Å². The molecule has 0 saturated heterocycles. The smallest absolute Gasteiger partial charge is 0.481 e. The van der Waals surface area contributed by atoms with Gasteiger partial charge in [0.2, 0.25) is 6.29 Å². The molecule has 26 heavy (non-hydrogen) atoms. The van der Waals surface area contributed by atoms with Gasteiger partial charge < -0.3 is 25.1 Å². The Balaban J connectivity index is 1.52. The average molecular weight is 373 g/mol. The maximum absolute atomic E-state index is 14.2. The van der Waals surface area contributed by atoms with E-state index in [-0.39, 0.29) is 12.5 Å². The summed E-state index contributed by atoms with van der Waals surface area (Å²) in [5.74, 6) is -4.31. The molecule has 0 radical (unpaired) electrons. The molecule has 3 aliphatic carbocycles. The first-order chi connectivity index (χ1) is 12.2. The van der Waals surface area contributed by atoms with Gasteiger partial charge in [0.25, 0.3) is 0 Å². The molecule has 9 heteroatoms. The Kier molecular flexibility index (Phi) is 5.09. The monoisotopic (exact) mass is 373 g/mol. The van der Waals surface area contributed by atoms with Crippen LogP contribution in [0.25, 0.3) is 0 Å². The van der Waals surface area contributed by atoms with E-state index in [9.17, 15) is 18.8 Å². The Morgan fingerprint density at radius 3 is 2.46 bits per heavy atom. The fourth-order valence-electron chi connectivity index (χ4n) is 4.32. The van der Waals surface area contributed by atoms with Crippen molar-refractivity contribution in [3.05, 3.63) is 0 Å². The molecule has 0 aromatic carbocycles. The number of nitrogens with two attached hydrogens (primary N) is 1. The standard InChI is InChI=1S/C17H24FNO7/c1-8(25-16(23)26-9-5-3-2-4-6-9)24-15(22)17(19)11(18)7-10-12(13(10)17)14(20)21/h8-13H,2-7,19H2,1H3,(H,20,21). The maximum atomic E-state index is 14.2. The van der Waals surface area contributed by atoms with Gasteiger partial charge in [-0.2, -0.15) is 0 Å². The van der Waals surface area contributed by atoms with Crippen LogP contribution < -0.4 is 5.73 Å². The van der Waals surface area contributed by atoms with E-state index in [2.05, 4.69) is 0 Å². The molecule has 3 saturated carbocycles. The number of ether oxygens (including phenoxy) is 3. The van der Waals surface area contributed by atoms with E-state index in [0.717, 1.165) is 32.1 Å². The third-order valence-corrected chi connectivity index (χ3v) is 5.71. The van der Waals surface area contributed by atoms with Gasteiger partial charge in [-0.3, -0.25) is 4.79 Å². The van der Waals surface area contributed by atoms with Crippen molar-refractivity contribution in [1.29, 1.82) is 0 Å². The Bertz CT molecular complexity index is 594. The first kappa shape index (κ1) is 18.9. The molecule has 0 spiro atoms. The molecule has 6 unspecified atom stereocenters. The summed E-state index contributed by atoms with van der Waals surface area (Å²) in [6, 6.07) is 0. The van der Waals surface area contributed by atoms with E-state index >= 15 is 0 Å². The molecule has 146 valence electrons. The number of alkyl halides is 1. The van der Waals surface area contributed by atoms with Crippen molar-refractivity contribution in [2.24, 2.45) is 23.5 Å². The van der Waals surface area contributed by atoms with Gasteiger partial charge in [-0.1, -0.05) is 6.42 Å². The number of esters is 1. The van der Waals surface area contributed by atoms with Crippen LogP contribution in [0.4, 0.5) is 9.18 Å². The van der Waals surface area contributed by atoms with Crippen LogP contribution in [0.1, 0.15) is 45.4 Å². The lowest BCUT2D eigenvalue weighted by molar-refractivity contribution is -0.178. The second kappa shape index (κ2) is 7.02. The number of hydrogen-bond acceptors (Lipinski definition) is 7. The SMILES string of the molecule is CC(OC(=O)OC1CCCCC1)OC(=O)C1(N)C(F)CC2C(C(=O)O)C21. The highest BCUT2D eigenvalue weighted by atomic mass is 19.1. The summed E-state index contributed by atoms with van der Waals surface area (Å²) in [6.45, 7) is 1.30. The highest BCUT2D eigenvalue weighted by molar-refractivity contribution is 5.87. The second-order valence-electron chi connectivity index (χ2n) is 7.41. The predicted molar refractivity (Wildman–Crippen MR) is 84.5 cm³/mol. The number of rotatable bonds is 5. The summed E-state index contributed by atoms with van der Waals surface area (Å²) in [4.78, 5) is 35.2. The van der Waals surface area contributed by atoms with E-state index in [4.69, 9.17) is 25.1 Å². The van der Waals surface area contributed by atoms with Crippen LogP contribution in [0.15, 0.2) is 0 Å². The van der Waals surface area contributed by atoms with Crippen molar-refractivity contribution in [1.82, 2.24) is 0 Å². The van der Waals surface area contributed by atoms with Crippen molar-refractivity contribution in [2.45, 2.75) is 69.6 Å². The summed E-state index contributed by atoms with van der Waals surface area (Å²) < 4.78 is 29.2. The molecule has 6 atom stereocenters. The Hall–Kier alpha value is -1.90. The zero-order valence-corrected chi connectivity index (χ0v) is 14.6. The lowest BCUT2D eigenvalue weighted by Crippen LogP contribution is -2.58. The number of fused-ring (bicyclic) bond motifs is 1. The van der Waals surface area contributed by atoms with E-state index in [1.807, 2.05) is 0 Å². The van der Waals surface area contributed by atoms with Crippen molar-refractivity contribution in [3.63, 3.8) is 0 Å². The number of carbonyl (C=O) groups is 3. The van der Waals surface area contributed by atoms with Crippen LogP contribution in [0.5, 0.6) is 0 Å². The lowest BCUT2D eigenvalue weighted by Gasteiger charge is -2.29. The molecule has 3 rings (SSSR count). The Labute approximate surface area is 150 Å². The molecular formula is C17H24FNO7. The molecule has 3 fully saturated rings. The zero-order chi connectivity index (χ0) is 19.1. The molecule has 3 N–H and O–H groups in total. The summed E-state index contributed by atoms with van der Waals surface area (Å²) >= 11 is 0. The third-order valence-electron chi connectivity index (χ3n) is 5.71. The van der Waals surface area contributed by atoms with Gasteiger partial charge in [-0.25, -0.2) is 14.0 Å². The van der Waals surface area contributed by atoms with Crippen molar-refractivity contribution in [2.75, 3.05) is 0 Å². The van der Waals surface area contributed by atoms with E-state index in [1.54, 1.807) is 0 Å². The van der Waals surface area contributed by atoms with Crippen LogP contribution in [-0.4, -0.2) is 47.3 Å². The van der Waals surface area contributed by atoms with Gasteiger partial charge in [0.15, 0.2) is 0 Å². The van der Waals surface area contributed by atoms with Crippen LogP contribution >= 0.6 is 0 Å². The topological polar surface area (TPSA) is 125 Å². The van der Waals surface area contributed by atoms with Crippen LogP contribution in [0, 0.1) is 17.8 Å². The fraction of sp³-hybridized carbons (Fsp3) is 0.824. The molecule has 3 aliphatic rings. The molecule has 0 amide bonds. The van der Waals surface area contributed by atoms with E-state index in [1.165, 1.54) is 6.92 Å². The van der Waals surface area contributed by atoms with Crippen LogP contribution in [0.2, 0.25) is 0 Å². The van der Waals surface area contributed by atoms with Gasteiger partial charge in [-0.15, -0.1) is 0 Å². The quantitative estimate of drug-likeness (QED) is 0.551. The maximum Gasteiger partial charge on any atom is 0.511 e. The number of aliphatic carboxylic acids is 1. The Morgan fingerprint density at radius 1 is 1.19 bits per heavy atom. The molecule has 0 bridgehead atoms. The van der Waals surface area contributed by atoms with E-state index < -0.39 is 53.8 Å². The van der Waals surface area contributed by atoms with Gasteiger partial charge in [0.1, 0.15) is 17.8 Å². The lowest BCUT2D eigenvalue weighted by atomic mass is 9.90. The van der Waals surface area contributed by atoms with Crippen molar-refractivity contribution < 1.29 is 38.1 Å². The Morgan fingerprint density at radius 2 is 1.85 bits per heavy atom. The minimum Gasteiger partial charge on any atom is -0.481 e. The first-order valence-electron chi connectivity index (χ1n) is 8.99. The minimum atomic E-state index is -2.03. The average Bonchev–Trinajstić information content (AvgIpc) is 3.22. The summed E-state index contributed by atoms with van der Waals surface area (Å²) in [5, 5.41) is 9.10. The normalized spacial score (nSPS) is 37.3. The van der Waals surface area contributed by atoms with E-state index in [0.29, 0.717) is 0 Å². The van der Waals surface area contributed by atoms with Crippen LogP contribution in [-0.2, 0) is 23.8 Å². The largest absolute Gasteiger partial charge is 0.511 e. The summed E-state index contributed by atoms with van der Waals surface area (Å²) in [7, 11) is 0. The molecule has 0 aromatic rings. The predicted octanol–water partition coefficient (Wildman–Crippen LogP) is 1.75. The van der Waals surface area contributed by atoms with Crippen molar-refractivity contribution >= 4 is 18.1 Å². The second-order valence-corrected chi connectivity index (χ2v) is 7.41. The highest BCUT2D eigenvalue weighted by Gasteiger charge is 2.75.